The molecule has 1 N–H and O–H groups in total. The Kier molecular flexibility index (Phi) is 4.86. The minimum absolute atomic E-state index is 0.117. The third kappa shape index (κ3) is 3.42. The summed E-state index contributed by atoms with van der Waals surface area (Å²) in [5.74, 6) is -0.558. The number of carbonyl (C=O) groups excluding carboxylic acids is 1. The molecule has 1 saturated heterocycles. The number of benzene rings is 1. The molecule has 20 heavy (non-hydrogen) atoms. The molecule has 110 valence electrons. The zero-order valence-corrected chi connectivity index (χ0v) is 12.4. The Bertz CT molecular complexity index is 450. The van der Waals surface area contributed by atoms with E-state index in [1.54, 1.807) is 43.4 Å². The molecule has 6 heteroatoms. The summed E-state index contributed by atoms with van der Waals surface area (Å²) in [4.78, 5) is 13.9. The summed E-state index contributed by atoms with van der Waals surface area (Å²) in [6.07, 6.45) is 1.32. The van der Waals surface area contributed by atoms with Gasteiger partial charge < -0.3 is 19.7 Å². The van der Waals surface area contributed by atoms with Crippen molar-refractivity contribution in [3.8, 4) is 0 Å². The summed E-state index contributed by atoms with van der Waals surface area (Å²) in [5.41, 5.74) is 0.731. The van der Waals surface area contributed by atoms with Gasteiger partial charge in [-0.1, -0.05) is 11.6 Å². The number of nitrogens with one attached hydrogen (secondary N) is 1. The van der Waals surface area contributed by atoms with Crippen molar-refractivity contribution in [2.75, 3.05) is 32.6 Å². The number of anilines is 1. The van der Waals surface area contributed by atoms with Crippen LogP contribution in [0.5, 0.6) is 0 Å². The normalized spacial score (nSPS) is 17.9. The van der Waals surface area contributed by atoms with Crippen molar-refractivity contribution < 1.29 is 14.3 Å². The molecule has 5 nitrogen and oxygen atoms in total. The van der Waals surface area contributed by atoms with E-state index in [4.69, 9.17) is 21.1 Å². The highest BCUT2D eigenvalue weighted by molar-refractivity contribution is 6.30. The molecule has 0 radical (unpaired) electrons. The Balaban J connectivity index is 1.90. The summed E-state index contributed by atoms with van der Waals surface area (Å²) >= 11 is 5.81. The van der Waals surface area contributed by atoms with Crippen molar-refractivity contribution in [1.82, 2.24) is 4.90 Å². The fourth-order valence-electron chi connectivity index (χ4n) is 2.28. The van der Waals surface area contributed by atoms with Gasteiger partial charge in [0, 0.05) is 50.9 Å². The molecule has 0 spiro atoms. The van der Waals surface area contributed by atoms with Crippen LogP contribution in [-0.2, 0) is 9.47 Å². The molecule has 1 aliphatic heterocycles. The first-order chi connectivity index (χ1) is 9.58. The Hall–Kier alpha value is -1.30. The van der Waals surface area contributed by atoms with E-state index in [2.05, 4.69) is 5.32 Å². The van der Waals surface area contributed by atoms with Gasteiger partial charge in [0.25, 0.3) is 0 Å². The van der Waals surface area contributed by atoms with Crippen molar-refractivity contribution in [1.29, 1.82) is 0 Å². The number of methoxy groups -OCH3 is 2. The highest BCUT2D eigenvalue weighted by Crippen LogP contribution is 2.26. The van der Waals surface area contributed by atoms with Crippen LogP contribution >= 0.6 is 11.6 Å². The van der Waals surface area contributed by atoms with Crippen LogP contribution in [0.4, 0.5) is 10.5 Å². The third-order valence-corrected chi connectivity index (χ3v) is 3.90. The van der Waals surface area contributed by atoms with E-state index in [1.807, 2.05) is 0 Å². The predicted molar refractivity (Wildman–Crippen MR) is 78.0 cm³/mol. The van der Waals surface area contributed by atoms with Gasteiger partial charge in [0.1, 0.15) is 0 Å². The molecule has 1 fully saturated rings. The molecule has 1 heterocycles. The number of halogens is 1. The maximum atomic E-state index is 12.1. The first-order valence-corrected chi connectivity index (χ1v) is 6.88. The fourth-order valence-corrected chi connectivity index (χ4v) is 2.40. The minimum atomic E-state index is -0.558. The Morgan fingerprint density at radius 1 is 1.20 bits per heavy atom. The van der Waals surface area contributed by atoms with E-state index < -0.39 is 5.79 Å². The fraction of sp³-hybridized carbons (Fsp3) is 0.500. The van der Waals surface area contributed by atoms with E-state index in [-0.39, 0.29) is 6.03 Å². The quantitative estimate of drug-likeness (QED) is 0.873. The molecular formula is C14H19ClN2O3. The van der Waals surface area contributed by atoms with E-state index in [9.17, 15) is 4.79 Å². The summed E-state index contributed by atoms with van der Waals surface area (Å²) in [6.45, 7) is 1.20. The zero-order valence-electron chi connectivity index (χ0n) is 11.7. The van der Waals surface area contributed by atoms with Crippen LogP contribution < -0.4 is 5.32 Å². The monoisotopic (exact) mass is 298 g/mol. The van der Waals surface area contributed by atoms with Crippen molar-refractivity contribution in [3.05, 3.63) is 29.3 Å². The topological polar surface area (TPSA) is 50.8 Å². The van der Waals surface area contributed by atoms with Gasteiger partial charge in [0.2, 0.25) is 0 Å². The first-order valence-electron chi connectivity index (χ1n) is 6.50. The Labute approximate surface area is 123 Å². The minimum Gasteiger partial charge on any atom is -0.353 e. The molecular weight excluding hydrogens is 280 g/mol. The second kappa shape index (κ2) is 6.43. The van der Waals surface area contributed by atoms with Crippen molar-refractivity contribution in [2.24, 2.45) is 0 Å². The lowest BCUT2D eigenvalue weighted by atomic mass is 10.0. The van der Waals surface area contributed by atoms with Gasteiger partial charge in [-0.3, -0.25) is 0 Å². The van der Waals surface area contributed by atoms with Crippen LogP contribution in [0.3, 0.4) is 0 Å². The predicted octanol–water partition coefficient (Wildman–Crippen LogP) is 2.96. The van der Waals surface area contributed by atoms with Gasteiger partial charge in [-0.15, -0.1) is 0 Å². The average Bonchev–Trinajstić information content (AvgIpc) is 2.49. The van der Waals surface area contributed by atoms with Crippen LogP contribution in [0.2, 0.25) is 5.02 Å². The van der Waals surface area contributed by atoms with Gasteiger partial charge in [0.05, 0.1) is 0 Å². The molecule has 0 atom stereocenters. The number of carbonyl (C=O) groups is 1. The molecule has 2 rings (SSSR count). The van der Waals surface area contributed by atoms with E-state index >= 15 is 0 Å². The van der Waals surface area contributed by atoms with Crippen LogP contribution in [0.15, 0.2) is 24.3 Å². The lowest BCUT2D eigenvalue weighted by Crippen LogP contribution is -2.49. The number of ether oxygens (including phenoxy) is 2. The number of amides is 2. The largest absolute Gasteiger partial charge is 0.353 e. The van der Waals surface area contributed by atoms with Crippen LogP contribution in [-0.4, -0.2) is 44.0 Å². The molecule has 0 saturated carbocycles. The SMILES string of the molecule is COC1(OC)CCN(C(=O)Nc2ccc(Cl)cc2)CC1. The Morgan fingerprint density at radius 2 is 1.75 bits per heavy atom. The lowest BCUT2D eigenvalue weighted by Gasteiger charge is -2.39. The average molecular weight is 299 g/mol. The zero-order chi connectivity index (χ0) is 14.6. The lowest BCUT2D eigenvalue weighted by molar-refractivity contribution is -0.226. The second-order valence-corrected chi connectivity index (χ2v) is 5.18. The number of likely N-dealkylation sites (tertiary alicyclic amines) is 1. The molecule has 0 aliphatic carbocycles. The number of hydrogen-bond donors (Lipinski definition) is 1. The van der Waals surface area contributed by atoms with Crippen molar-refractivity contribution >= 4 is 23.3 Å². The van der Waals surface area contributed by atoms with E-state index in [0.29, 0.717) is 31.0 Å². The first kappa shape index (κ1) is 15.1. The summed E-state index contributed by atoms with van der Waals surface area (Å²) in [5, 5.41) is 3.49. The molecule has 0 unspecified atom stereocenters. The number of urea groups is 1. The number of piperidine rings is 1. The maximum Gasteiger partial charge on any atom is 0.321 e. The van der Waals surface area contributed by atoms with Crippen LogP contribution in [0, 0.1) is 0 Å². The summed E-state index contributed by atoms with van der Waals surface area (Å²) < 4.78 is 10.8. The van der Waals surface area contributed by atoms with E-state index in [1.165, 1.54) is 0 Å². The van der Waals surface area contributed by atoms with Gasteiger partial charge in [-0.05, 0) is 24.3 Å². The molecule has 1 aliphatic rings. The number of nitrogens with zero attached hydrogens (tertiary/aromatic N) is 1. The maximum absolute atomic E-state index is 12.1. The summed E-state index contributed by atoms with van der Waals surface area (Å²) in [7, 11) is 3.26. The number of hydrogen-bond acceptors (Lipinski definition) is 3. The summed E-state index contributed by atoms with van der Waals surface area (Å²) in [6, 6.07) is 6.92. The highest BCUT2D eigenvalue weighted by atomic mass is 35.5. The van der Waals surface area contributed by atoms with Gasteiger partial charge in [0.15, 0.2) is 5.79 Å². The van der Waals surface area contributed by atoms with Crippen LogP contribution in [0.1, 0.15) is 12.8 Å². The van der Waals surface area contributed by atoms with E-state index in [0.717, 1.165) is 5.69 Å². The molecule has 0 aromatic heterocycles. The smallest absolute Gasteiger partial charge is 0.321 e. The molecule has 2 amide bonds. The Morgan fingerprint density at radius 3 is 2.25 bits per heavy atom. The van der Waals surface area contributed by atoms with Gasteiger partial charge in [-0.25, -0.2) is 4.79 Å². The number of rotatable bonds is 3. The highest BCUT2D eigenvalue weighted by Gasteiger charge is 2.35. The molecule has 1 aromatic carbocycles. The molecule has 1 aromatic rings. The second-order valence-electron chi connectivity index (χ2n) is 4.74. The van der Waals surface area contributed by atoms with Crippen molar-refractivity contribution in [2.45, 2.75) is 18.6 Å². The molecule has 0 bridgehead atoms. The third-order valence-electron chi connectivity index (χ3n) is 3.65. The van der Waals surface area contributed by atoms with Crippen molar-refractivity contribution in [3.63, 3.8) is 0 Å². The van der Waals surface area contributed by atoms with Gasteiger partial charge >= 0.3 is 6.03 Å². The van der Waals surface area contributed by atoms with Gasteiger partial charge in [-0.2, -0.15) is 0 Å². The van der Waals surface area contributed by atoms with Crippen LogP contribution in [0.25, 0.3) is 0 Å². The standard InChI is InChI=1S/C14H19ClN2O3/c1-19-14(20-2)7-9-17(10-8-14)13(18)16-12-5-3-11(15)4-6-12/h3-6H,7-10H2,1-2H3,(H,16,18).